The first kappa shape index (κ1) is 15.1. The first-order valence-corrected chi connectivity index (χ1v) is 8.07. The van der Waals surface area contributed by atoms with E-state index >= 15 is 0 Å². The monoisotopic (exact) mass is 299 g/mol. The van der Waals surface area contributed by atoms with Crippen molar-refractivity contribution in [3.63, 3.8) is 0 Å². The highest BCUT2D eigenvalue weighted by molar-refractivity contribution is 7.89. The van der Waals surface area contributed by atoms with Gasteiger partial charge in [-0.1, -0.05) is 0 Å². The molecule has 0 unspecified atom stereocenters. The summed E-state index contributed by atoms with van der Waals surface area (Å²) in [6, 6.07) is 5.21. The molecule has 0 bridgehead atoms. The van der Waals surface area contributed by atoms with Crippen LogP contribution in [-0.2, 0) is 14.8 Å². The van der Waals surface area contributed by atoms with Crippen LogP contribution in [0.4, 0.5) is 11.4 Å². The standard InChI is InChI=1S/C13H21N3O3S/c1-15-20(17,18)11-3-4-13(12(14)9-11)16(2)10-5-7-19-8-6-10/h3-4,9-10,15H,5-8,14H2,1-2H3. The summed E-state index contributed by atoms with van der Waals surface area (Å²) >= 11 is 0. The molecule has 0 radical (unpaired) electrons. The maximum absolute atomic E-state index is 11.7. The molecule has 0 aliphatic carbocycles. The number of benzene rings is 1. The van der Waals surface area contributed by atoms with Crippen molar-refractivity contribution in [2.45, 2.75) is 23.8 Å². The molecule has 1 saturated heterocycles. The SMILES string of the molecule is CNS(=O)(=O)c1ccc(N(C)C2CCOCC2)c(N)c1. The minimum absolute atomic E-state index is 0.182. The van der Waals surface area contributed by atoms with Gasteiger partial charge in [0.25, 0.3) is 0 Å². The van der Waals surface area contributed by atoms with Crippen LogP contribution in [0.2, 0.25) is 0 Å². The Morgan fingerprint density at radius 1 is 1.35 bits per heavy atom. The average Bonchev–Trinajstić information content (AvgIpc) is 2.47. The number of anilines is 2. The average molecular weight is 299 g/mol. The smallest absolute Gasteiger partial charge is 0.240 e. The third-order valence-electron chi connectivity index (χ3n) is 3.70. The molecule has 1 fully saturated rings. The van der Waals surface area contributed by atoms with Crippen molar-refractivity contribution in [3.8, 4) is 0 Å². The highest BCUT2D eigenvalue weighted by Gasteiger charge is 2.21. The molecule has 0 atom stereocenters. The van der Waals surface area contributed by atoms with Crippen LogP contribution < -0.4 is 15.4 Å². The molecule has 3 N–H and O–H groups in total. The quantitative estimate of drug-likeness (QED) is 0.803. The maximum atomic E-state index is 11.7. The van der Waals surface area contributed by atoms with Gasteiger partial charge in [0, 0.05) is 26.3 Å². The lowest BCUT2D eigenvalue weighted by Gasteiger charge is -2.33. The van der Waals surface area contributed by atoms with E-state index in [1.165, 1.54) is 13.1 Å². The zero-order valence-electron chi connectivity index (χ0n) is 11.8. The van der Waals surface area contributed by atoms with Gasteiger partial charge >= 0.3 is 0 Å². The molecule has 20 heavy (non-hydrogen) atoms. The van der Waals surface area contributed by atoms with Gasteiger partial charge in [-0.05, 0) is 38.1 Å². The first-order chi connectivity index (χ1) is 9.45. The second-order valence-electron chi connectivity index (χ2n) is 4.88. The number of nitrogens with zero attached hydrogens (tertiary/aromatic N) is 1. The minimum Gasteiger partial charge on any atom is -0.397 e. The van der Waals surface area contributed by atoms with Crippen molar-refractivity contribution < 1.29 is 13.2 Å². The third-order valence-corrected chi connectivity index (χ3v) is 5.11. The lowest BCUT2D eigenvalue weighted by Crippen LogP contribution is -2.37. The van der Waals surface area contributed by atoms with Gasteiger partial charge < -0.3 is 15.4 Å². The Balaban J connectivity index is 2.25. The number of nitrogens with one attached hydrogen (secondary N) is 1. The van der Waals surface area contributed by atoms with Gasteiger partial charge in [0.05, 0.1) is 16.3 Å². The Labute approximate surface area is 120 Å². The molecule has 1 heterocycles. The number of nitrogen functional groups attached to an aromatic ring is 1. The van der Waals surface area contributed by atoms with Crippen molar-refractivity contribution in [3.05, 3.63) is 18.2 Å². The Morgan fingerprint density at radius 2 is 2.00 bits per heavy atom. The number of sulfonamides is 1. The van der Waals surface area contributed by atoms with Crippen LogP contribution in [0.25, 0.3) is 0 Å². The fourth-order valence-corrected chi connectivity index (χ4v) is 3.17. The molecule has 0 aromatic heterocycles. The summed E-state index contributed by atoms with van der Waals surface area (Å²) in [5.41, 5.74) is 7.34. The summed E-state index contributed by atoms with van der Waals surface area (Å²) in [4.78, 5) is 2.29. The summed E-state index contributed by atoms with van der Waals surface area (Å²) in [6.07, 6.45) is 1.90. The molecule has 0 amide bonds. The van der Waals surface area contributed by atoms with Crippen molar-refractivity contribution >= 4 is 21.4 Å². The normalized spacial score (nSPS) is 17.1. The lowest BCUT2D eigenvalue weighted by atomic mass is 10.1. The van der Waals surface area contributed by atoms with Gasteiger partial charge in [0.2, 0.25) is 10.0 Å². The first-order valence-electron chi connectivity index (χ1n) is 6.59. The predicted octanol–water partition coefficient (Wildman–Crippen LogP) is 0.792. The van der Waals surface area contributed by atoms with E-state index in [1.807, 2.05) is 7.05 Å². The van der Waals surface area contributed by atoms with E-state index in [1.54, 1.807) is 12.1 Å². The van der Waals surface area contributed by atoms with Crippen LogP contribution in [0, 0.1) is 0 Å². The second kappa shape index (κ2) is 5.99. The molecule has 1 aliphatic heterocycles. The van der Waals surface area contributed by atoms with Crippen molar-refractivity contribution in [1.82, 2.24) is 4.72 Å². The fraction of sp³-hybridized carbons (Fsp3) is 0.538. The number of hydrogen-bond donors (Lipinski definition) is 2. The fourth-order valence-electron chi connectivity index (χ4n) is 2.41. The zero-order chi connectivity index (χ0) is 14.8. The summed E-state index contributed by atoms with van der Waals surface area (Å²) in [6.45, 7) is 1.50. The van der Waals surface area contributed by atoms with E-state index in [0.717, 1.165) is 31.7 Å². The number of ether oxygens (including phenoxy) is 1. The van der Waals surface area contributed by atoms with Crippen LogP contribution in [0.3, 0.4) is 0 Å². The molecule has 1 aromatic carbocycles. The number of nitrogens with two attached hydrogens (primary N) is 1. The molecule has 2 rings (SSSR count). The predicted molar refractivity (Wildman–Crippen MR) is 79.3 cm³/mol. The molecule has 1 aromatic rings. The van der Waals surface area contributed by atoms with Crippen LogP contribution in [0.15, 0.2) is 23.1 Å². The third kappa shape index (κ3) is 3.05. The lowest BCUT2D eigenvalue weighted by molar-refractivity contribution is 0.0855. The molecule has 1 aliphatic rings. The van der Waals surface area contributed by atoms with Crippen LogP contribution >= 0.6 is 0 Å². The van der Waals surface area contributed by atoms with Crippen molar-refractivity contribution in [2.24, 2.45) is 0 Å². The van der Waals surface area contributed by atoms with Gasteiger partial charge in [-0.15, -0.1) is 0 Å². The summed E-state index contributed by atoms with van der Waals surface area (Å²) in [5.74, 6) is 0. The van der Waals surface area contributed by atoms with Crippen LogP contribution in [0.1, 0.15) is 12.8 Å². The molecule has 112 valence electrons. The summed E-state index contributed by atoms with van der Waals surface area (Å²) in [5, 5.41) is 0. The summed E-state index contributed by atoms with van der Waals surface area (Å²) < 4.78 is 31.1. The minimum atomic E-state index is -3.46. The number of rotatable bonds is 4. The van der Waals surface area contributed by atoms with Crippen LogP contribution in [-0.4, -0.2) is 41.8 Å². The molecule has 0 spiro atoms. The molecular formula is C13H21N3O3S. The topological polar surface area (TPSA) is 84.7 Å². The van der Waals surface area contributed by atoms with E-state index in [9.17, 15) is 8.42 Å². The Hall–Kier alpha value is -1.31. The summed E-state index contributed by atoms with van der Waals surface area (Å²) in [7, 11) is -0.0939. The largest absolute Gasteiger partial charge is 0.397 e. The van der Waals surface area contributed by atoms with Crippen molar-refractivity contribution in [2.75, 3.05) is 37.9 Å². The molecule has 0 saturated carbocycles. The maximum Gasteiger partial charge on any atom is 0.240 e. The van der Waals surface area contributed by atoms with Gasteiger partial charge in [-0.25, -0.2) is 13.1 Å². The molecular weight excluding hydrogens is 278 g/mol. The van der Waals surface area contributed by atoms with Gasteiger partial charge in [-0.3, -0.25) is 0 Å². The molecule has 6 nitrogen and oxygen atoms in total. The van der Waals surface area contributed by atoms with E-state index < -0.39 is 10.0 Å². The molecule has 7 heteroatoms. The second-order valence-corrected chi connectivity index (χ2v) is 6.77. The zero-order valence-corrected chi connectivity index (χ0v) is 12.6. The van der Waals surface area contributed by atoms with E-state index in [4.69, 9.17) is 10.5 Å². The Morgan fingerprint density at radius 3 is 2.55 bits per heavy atom. The van der Waals surface area contributed by atoms with E-state index in [2.05, 4.69) is 9.62 Å². The Bertz CT molecular complexity index is 568. The van der Waals surface area contributed by atoms with Gasteiger partial charge in [-0.2, -0.15) is 0 Å². The Kier molecular flexibility index (Phi) is 4.52. The highest BCUT2D eigenvalue weighted by atomic mass is 32.2. The van der Waals surface area contributed by atoms with E-state index in [0.29, 0.717) is 11.7 Å². The van der Waals surface area contributed by atoms with E-state index in [-0.39, 0.29) is 4.90 Å². The van der Waals surface area contributed by atoms with Crippen molar-refractivity contribution in [1.29, 1.82) is 0 Å². The van der Waals surface area contributed by atoms with Gasteiger partial charge in [0.15, 0.2) is 0 Å². The van der Waals surface area contributed by atoms with Gasteiger partial charge in [0.1, 0.15) is 0 Å². The van der Waals surface area contributed by atoms with Crippen LogP contribution in [0.5, 0.6) is 0 Å². The number of hydrogen-bond acceptors (Lipinski definition) is 5. The highest BCUT2D eigenvalue weighted by Crippen LogP contribution is 2.29.